The fourth-order valence-corrected chi connectivity index (χ4v) is 2.55. The first-order valence-corrected chi connectivity index (χ1v) is 8.07. The normalized spacial score (nSPS) is 11.6. The molecule has 21 heavy (non-hydrogen) atoms. The van der Waals surface area contributed by atoms with Gasteiger partial charge in [0.05, 0.1) is 12.1 Å². The van der Waals surface area contributed by atoms with E-state index in [2.05, 4.69) is 61.1 Å². The Hall–Kier alpha value is -1.32. The Bertz CT molecular complexity index is 545. The molecule has 0 aliphatic carbocycles. The van der Waals surface area contributed by atoms with Crippen molar-refractivity contribution in [1.82, 2.24) is 9.88 Å². The molecule has 0 unspecified atom stereocenters. The molecule has 0 atom stereocenters. The first-order valence-electron chi connectivity index (χ1n) is 8.07. The van der Waals surface area contributed by atoms with Crippen molar-refractivity contribution in [3.05, 3.63) is 36.0 Å². The van der Waals surface area contributed by atoms with Crippen molar-refractivity contribution in [2.75, 3.05) is 19.8 Å². The molecular formula is C18H28N2O. The van der Waals surface area contributed by atoms with Crippen molar-refractivity contribution in [2.24, 2.45) is 5.92 Å². The zero-order valence-corrected chi connectivity index (χ0v) is 13.6. The number of hydrogen-bond acceptors (Lipinski definition) is 2. The smallest absolute Gasteiger partial charge is 0.0645 e. The Labute approximate surface area is 128 Å². The largest absolute Gasteiger partial charge is 0.379 e. The minimum absolute atomic E-state index is 0.597. The number of fused-ring (bicyclic) bond motifs is 1. The van der Waals surface area contributed by atoms with Gasteiger partial charge in [-0.2, -0.15) is 0 Å². The van der Waals surface area contributed by atoms with Crippen molar-refractivity contribution in [3.8, 4) is 0 Å². The Morgan fingerprint density at radius 2 is 2.10 bits per heavy atom. The summed E-state index contributed by atoms with van der Waals surface area (Å²) < 4.78 is 8.04. The number of rotatable bonds is 9. The van der Waals surface area contributed by atoms with Crippen LogP contribution in [0.15, 0.2) is 30.5 Å². The molecule has 0 fully saturated rings. The highest BCUT2D eigenvalue weighted by Crippen LogP contribution is 2.20. The second kappa shape index (κ2) is 8.20. The highest BCUT2D eigenvalue weighted by Gasteiger charge is 2.06. The maximum atomic E-state index is 5.72. The van der Waals surface area contributed by atoms with E-state index < -0.39 is 0 Å². The van der Waals surface area contributed by atoms with E-state index >= 15 is 0 Å². The van der Waals surface area contributed by atoms with Gasteiger partial charge in [-0.15, -0.1) is 0 Å². The highest BCUT2D eigenvalue weighted by atomic mass is 16.5. The lowest BCUT2D eigenvalue weighted by Gasteiger charge is -2.12. The molecule has 0 bridgehead atoms. The number of aromatic nitrogens is 1. The molecule has 0 radical (unpaired) electrons. The average molecular weight is 288 g/mol. The second-order valence-corrected chi connectivity index (χ2v) is 6.01. The van der Waals surface area contributed by atoms with E-state index in [1.54, 1.807) is 0 Å². The van der Waals surface area contributed by atoms with Gasteiger partial charge in [-0.1, -0.05) is 39.0 Å². The molecule has 2 aromatic rings. The molecule has 1 heterocycles. The summed E-state index contributed by atoms with van der Waals surface area (Å²) in [7, 11) is 0. The Kier molecular flexibility index (Phi) is 6.27. The maximum absolute atomic E-state index is 5.72. The molecule has 0 saturated heterocycles. The minimum Gasteiger partial charge on any atom is -0.379 e. The first-order chi connectivity index (χ1) is 10.2. The minimum atomic E-state index is 0.597. The van der Waals surface area contributed by atoms with Crippen LogP contribution in [0.3, 0.4) is 0 Å². The number of para-hydroxylation sites is 1. The molecule has 0 aliphatic heterocycles. The van der Waals surface area contributed by atoms with Gasteiger partial charge < -0.3 is 14.6 Å². The summed E-state index contributed by atoms with van der Waals surface area (Å²) in [5.74, 6) is 0.597. The van der Waals surface area contributed by atoms with Crippen molar-refractivity contribution in [3.63, 3.8) is 0 Å². The maximum Gasteiger partial charge on any atom is 0.0645 e. The number of nitrogens with one attached hydrogen (secondary N) is 1. The summed E-state index contributed by atoms with van der Waals surface area (Å²) in [4.78, 5) is 0. The highest BCUT2D eigenvalue weighted by molar-refractivity contribution is 5.83. The van der Waals surface area contributed by atoms with E-state index in [4.69, 9.17) is 4.74 Å². The summed E-state index contributed by atoms with van der Waals surface area (Å²) in [5, 5.41) is 4.81. The topological polar surface area (TPSA) is 26.2 Å². The standard InChI is InChI=1S/C18H28N2O/c1-4-9-19-13-17-7-5-6-16-8-10-20(18(16)17)11-12-21-14-15(2)3/h5-8,10,15,19H,4,9,11-14H2,1-3H3. The zero-order valence-electron chi connectivity index (χ0n) is 13.6. The number of ether oxygens (including phenoxy) is 1. The van der Waals surface area contributed by atoms with Crippen molar-refractivity contribution >= 4 is 10.9 Å². The predicted octanol–water partition coefficient (Wildman–Crippen LogP) is 3.81. The first kappa shape index (κ1) is 16.1. The molecule has 0 saturated carbocycles. The number of benzene rings is 1. The molecule has 3 nitrogen and oxygen atoms in total. The van der Waals surface area contributed by atoms with Crippen LogP contribution < -0.4 is 5.32 Å². The average Bonchev–Trinajstić information content (AvgIpc) is 2.88. The third kappa shape index (κ3) is 4.58. The van der Waals surface area contributed by atoms with E-state index in [-0.39, 0.29) is 0 Å². The molecule has 1 aromatic heterocycles. The van der Waals surface area contributed by atoms with Gasteiger partial charge in [-0.3, -0.25) is 0 Å². The van der Waals surface area contributed by atoms with E-state index in [0.29, 0.717) is 5.92 Å². The molecule has 0 amide bonds. The summed E-state index contributed by atoms with van der Waals surface area (Å²) >= 11 is 0. The van der Waals surface area contributed by atoms with E-state index in [9.17, 15) is 0 Å². The van der Waals surface area contributed by atoms with Gasteiger partial charge in [0.15, 0.2) is 0 Å². The Morgan fingerprint density at radius 1 is 1.24 bits per heavy atom. The number of nitrogens with zero attached hydrogens (tertiary/aromatic N) is 1. The molecule has 0 spiro atoms. The molecular weight excluding hydrogens is 260 g/mol. The zero-order chi connectivity index (χ0) is 15.1. The fourth-order valence-electron chi connectivity index (χ4n) is 2.55. The summed E-state index contributed by atoms with van der Waals surface area (Å²) in [5.41, 5.74) is 2.71. The van der Waals surface area contributed by atoms with Crippen LogP contribution >= 0.6 is 0 Å². The summed E-state index contributed by atoms with van der Waals surface area (Å²) in [6.07, 6.45) is 3.34. The van der Waals surface area contributed by atoms with Gasteiger partial charge in [0.25, 0.3) is 0 Å². The van der Waals surface area contributed by atoms with Crippen LogP contribution in [0.1, 0.15) is 32.8 Å². The molecule has 116 valence electrons. The Balaban J connectivity index is 2.05. The lowest BCUT2D eigenvalue weighted by atomic mass is 10.1. The quantitative estimate of drug-likeness (QED) is 0.710. The van der Waals surface area contributed by atoms with Gasteiger partial charge in [-0.25, -0.2) is 0 Å². The molecule has 2 rings (SSSR count). The lowest BCUT2D eigenvalue weighted by Crippen LogP contribution is -2.15. The van der Waals surface area contributed by atoms with Gasteiger partial charge in [0.2, 0.25) is 0 Å². The van der Waals surface area contributed by atoms with Crippen LogP contribution in [-0.2, 0) is 17.8 Å². The van der Waals surface area contributed by atoms with Crippen LogP contribution in [-0.4, -0.2) is 24.3 Å². The Morgan fingerprint density at radius 3 is 2.86 bits per heavy atom. The van der Waals surface area contributed by atoms with E-state index in [1.165, 1.54) is 22.9 Å². The number of hydrogen-bond donors (Lipinski definition) is 1. The summed E-state index contributed by atoms with van der Waals surface area (Å²) in [6, 6.07) is 8.74. The second-order valence-electron chi connectivity index (χ2n) is 6.01. The van der Waals surface area contributed by atoms with Crippen molar-refractivity contribution < 1.29 is 4.74 Å². The predicted molar refractivity (Wildman–Crippen MR) is 89.6 cm³/mol. The van der Waals surface area contributed by atoms with Gasteiger partial charge in [0.1, 0.15) is 0 Å². The van der Waals surface area contributed by atoms with Crippen LogP contribution in [0, 0.1) is 5.92 Å². The van der Waals surface area contributed by atoms with Gasteiger partial charge >= 0.3 is 0 Å². The lowest BCUT2D eigenvalue weighted by molar-refractivity contribution is 0.104. The van der Waals surface area contributed by atoms with Crippen LogP contribution in [0.5, 0.6) is 0 Å². The fraction of sp³-hybridized carbons (Fsp3) is 0.556. The molecule has 1 N–H and O–H groups in total. The molecule has 3 heteroatoms. The third-order valence-electron chi connectivity index (χ3n) is 3.54. The van der Waals surface area contributed by atoms with Crippen LogP contribution in [0.4, 0.5) is 0 Å². The monoisotopic (exact) mass is 288 g/mol. The van der Waals surface area contributed by atoms with Crippen LogP contribution in [0.2, 0.25) is 0 Å². The molecule has 0 aliphatic rings. The molecule has 1 aromatic carbocycles. The van der Waals surface area contributed by atoms with Crippen molar-refractivity contribution in [2.45, 2.75) is 40.3 Å². The van der Waals surface area contributed by atoms with Gasteiger partial charge in [-0.05, 0) is 35.9 Å². The summed E-state index contributed by atoms with van der Waals surface area (Å²) in [6.45, 7) is 11.1. The van der Waals surface area contributed by atoms with E-state index in [1.807, 2.05) is 0 Å². The third-order valence-corrected chi connectivity index (χ3v) is 3.54. The van der Waals surface area contributed by atoms with Crippen LogP contribution in [0.25, 0.3) is 10.9 Å². The van der Waals surface area contributed by atoms with E-state index in [0.717, 1.165) is 32.8 Å². The van der Waals surface area contributed by atoms with Gasteiger partial charge in [0, 0.05) is 25.9 Å². The van der Waals surface area contributed by atoms with Crippen molar-refractivity contribution in [1.29, 1.82) is 0 Å². The SMILES string of the molecule is CCCNCc1cccc2ccn(CCOCC(C)C)c12.